The molecule has 0 saturated carbocycles. The van der Waals surface area contributed by atoms with Crippen LogP contribution < -0.4 is 9.64 Å². The lowest BCUT2D eigenvalue weighted by Crippen LogP contribution is -2.11. The Hall–Kier alpha value is -8.86. The fourth-order valence-corrected chi connectivity index (χ4v) is 11.2. The molecule has 10 aromatic carbocycles. The Morgan fingerprint density at radius 3 is 2.03 bits per heavy atom. The van der Waals surface area contributed by atoms with Crippen LogP contribution in [0.3, 0.4) is 0 Å². The first kappa shape index (κ1) is 39.3. The van der Waals surface area contributed by atoms with Crippen molar-refractivity contribution in [3.8, 4) is 61.7 Å². The van der Waals surface area contributed by atoms with E-state index in [4.69, 9.17) is 9.15 Å². The third kappa shape index (κ3) is 6.29. The maximum atomic E-state index is 6.47. The normalized spacial score (nSPS) is 13.7. The number of nitrogens with zero attached hydrogens (tertiary/aromatic N) is 2. The van der Waals surface area contributed by atoms with Crippen molar-refractivity contribution < 1.29 is 9.15 Å². The van der Waals surface area contributed by atoms with Crippen molar-refractivity contribution in [2.24, 2.45) is 0 Å². The lowest BCUT2D eigenvalue weighted by molar-refractivity contribution is 0.476. The van der Waals surface area contributed by atoms with E-state index in [9.17, 15) is 0 Å². The molecule has 0 N–H and O–H groups in total. The molecule has 69 heavy (non-hydrogen) atoms. The highest BCUT2D eigenvalue weighted by molar-refractivity contribution is 6.14. The Balaban J connectivity index is 0.900. The van der Waals surface area contributed by atoms with Gasteiger partial charge < -0.3 is 18.6 Å². The van der Waals surface area contributed by atoms with Crippen molar-refractivity contribution >= 4 is 66.9 Å². The Labute approximate surface area is 400 Å². The number of ether oxygens (including phenoxy) is 1. The predicted octanol–water partition coefficient (Wildman–Crippen LogP) is 18.4. The molecule has 326 valence electrons. The van der Waals surface area contributed by atoms with Crippen molar-refractivity contribution in [3.63, 3.8) is 0 Å². The molecule has 4 heteroatoms. The Bertz CT molecular complexity index is 4040. The molecule has 0 spiro atoms. The third-order valence-corrected chi connectivity index (χ3v) is 14.4. The molecule has 1 aliphatic carbocycles. The molecule has 2 aliphatic rings. The first-order valence-corrected chi connectivity index (χ1v) is 23.9. The van der Waals surface area contributed by atoms with Gasteiger partial charge in [0.05, 0.1) is 22.4 Å². The molecular formula is C65H44N2O2. The molecule has 0 radical (unpaired) electrons. The second-order valence-electron chi connectivity index (χ2n) is 18.4. The molecule has 0 fully saturated rings. The van der Waals surface area contributed by atoms with Crippen LogP contribution in [0.15, 0.2) is 229 Å². The minimum atomic E-state index is 0.516. The van der Waals surface area contributed by atoms with Crippen molar-refractivity contribution in [1.29, 1.82) is 0 Å². The molecule has 1 atom stereocenters. The van der Waals surface area contributed by atoms with Crippen LogP contribution in [0.4, 0.5) is 17.1 Å². The van der Waals surface area contributed by atoms with E-state index in [2.05, 4.69) is 223 Å². The molecule has 1 aliphatic heterocycles. The zero-order valence-corrected chi connectivity index (χ0v) is 37.9. The number of hydrogen-bond donors (Lipinski definition) is 0. The second-order valence-corrected chi connectivity index (χ2v) is 18.4. The molecule has 12 aromatic rings. The van der Waals surface area contributed by atoms with Crippen LogP contribution in [0.2, 0.25) is 0 Å². The molecule has 1 unspecified atom stereocenters. The molecule has 0 bridgehead atoms. The van der Waals surface area contributed by atoms with Gasteiger partial charge in [-0.2, -0.15) is 0 Å². The van der Waals surface area contributed by atoms with E-state index in [1.54, 1.807) is 0 Å². The highest BCUT2D eigenvalue weighted by Crippen LogP contribution is 2.48. The fraction of sp³-hybridized carbons (Fsp3) is 0.0462. The van der Waals surface area contributed by atoms with Crippen molar-refractivity contribution in [2.45, 2.75) is 19.3 Å². The van der Waals surface area contributed by atoms with Gasteiger partial charge >= 0.3 is 0 Å². The van der Waals surface area contributed by atoms with Crippen LogP contribution in [-0.4, -0.2) is 4.57 Å². The van der Waals surface area contributed by atoms with Crippen LogP contribution in [0.5, 0.6) is 11.5 Å². The zero-order valence-electron chi connectivity index (χ0n) is 37.9. The summed E-state index contributed by atoms with van der Waals surface area (Å²) >= 11 is 0. The maximum absolute atomic E-state index is 6.47. The average molecular weight is 885 g/mol. The number of hydrogen-bond acceptors (Lipinski definition) is 3. The lowest BCUT2D eigenvalue weighted by Gasteiger charge is -2.28. The maximum Gasteiger partial charge on any atom is 0.152 e. The van der Waals surface area contributed by atoms with Gasteiger partial charge in [-0.1, -0.05) is 159 Å². The van der Waals surface area contributed by atoms with Gasteiger partial charge in [0.25, 0.3) is 0 Å². The summed E-state index contributed by atoms with van der Waals surface area (Å²) in [5.74, 6) is 2.25. The van der Waals surface area contributed by atoms with Crippen LogP contribution >= 0.6 is 0 Å². The number of benzene rings is 10. The van der Waals surface area contributed by atoms with Gasteiger partial charge in [0.2, 0.25) is 0 Å². The molecular weight excluding hydrogens is 841 g/mol. The van der Waals surface area contributed by atoms with Gasteiger partial charge in [0, 0.05) is 38.5 Å². The number of anilines is 3. The quantitative estimate of drug-likeness (QED) is 0.160. The summed E-state index contributed by atoms with van der Waals surface area (Å²) in [6.45, 7) is 2.33. The summed E-state index contributed by atoms with van der Waals surface area (Å²) in [6.07, 6.45) is 5.71. The Morgan fingerprint density at radius 2 is 1.13 bits per heavy atom. The zero-order chi connectivity index (χ0) is 45.6. The van der Waals surface area contributed by atoms with E-state index in [1.165, 1.54) is 44.2 Å². The summed E-state index contributed by atoms with van der Waals surface area (Å²) < 4.78 is 15.1. The van der Waals surface area contributed by atoms with Gasteiger partial charge in [-0.15, -0.1) is 0 Å². The van der Waals surface area contributed by atoms with Crippen molar-refractivity contribution in [3.05, 3.63) is 236 Å². The van der Waals surface area contributed by atoms with Gasteiger partial charge in [-0.3, -0.25) is 0 Å². The first-order chi connectivity index (χ1) is 34.1. The minimum absolute atomic E-state index is 0.516. The van der Waals surface area contributed by atoms with Gasteiger partial charge in [-0.25, -0.2) is 0 Å². The van der Waals surface area contributed by atoms with E-state index in [1.807, 2.05) is 24.3 Å². The summed E-state index contributed by atoms with van der Waals surface area (Å²) in [7, 11) is 0. The molecule has 2 aromatic heterocycles. The number of aromatic nitrogens is 1. The summed E-state index contributed by atoms with van der Waals surface area (Å²) in [5.41, 5.74) is 20.5. The number of para-hydroxylation sites is 5. The van der Waals surface area contributed by atoms with Gasteiger partial charge in [0.1, 0.15) is 11.2 Å². The predicted molar refractivity (Wildman–Crippen MR) is 287 cm³/mol. The minimum Gasteiger partial charge on any atom is -0.456 e. The number of furan rings is 1. The monoisotopic (exact) mass is 884 g/mol. The molecule has 14 rings (SSSR count). The van der Waals surface area contributed by atoms with Crippen LogP contribution in [0.1, 0.15) is 30.4 Å². The van der Waals surface area contributed by atoms with E-state index in [-0.39, 0.29) is 0 Å². The topological polar surface area (TPSA) is 30.5 Å². The molecule has 0 saturated heterocycles. The summed E-state index contributed by atoms with van der Waals surface area (Å²) in [6, 6.07) is 78.9. The molecule has 4 nitrogen and oxygen atoms in total. The largest absolute Gasteiger partial charge is 0.456 e. The van der Waals surface area contributed by atoms with Crippen molar-refractivity contribution in [2.75, 3.05) is 4.90 Å². The van der Waals surface area contributed by atoms with E-state index in [0.717, 1.165) is 95.9 Å². The van der Waals surface area contributed by atoms with Crippen LogP contribution in [0.25, 0.3) is 100 Å². The number of fused-ring (bicyclic) bond motifs is 9. The lowest BCUT2D eigenvalue weighted by atomic mass is 9.84. The van der Waals surface area contributed by atoms with Crippen LogP contribution in [0, 0.1) is 0 Å². The molecule has 0 amide bonds. The van der Waals surface area contributed by atoms with Gasteiger partial charge in [0.15, 0.2) is 11.5 Å². The number of allylic oxidation sites excluding steroid dienone is 1. The summed E-state index contributed by atoms with van der Waals surface area (Å²) in [5, 5.41) is 4.61. The average Bonchev–Trinajstić information content (AvgIpc) is 3.96. The Morgan fingerprint density at radius 1 is 0.478 bits per heavy atom. The standard InChI is InChI=1S/C65H44N2O2/c1-41-13-8-21-53-49(41)18-10-19-50(53)45-15-9-14-44(39-45)42-29-34-47(35-30-42)66(48-36-31-43(32-37-48)52-20-11-27-62-64(52)55-17-3-6-25-60(55)68-62)57-23-4-2-16-51(57)46-33-38-58-56(40-46)54-22-12-28-63-65(54)67(58)59-24-5-7-26-61(59)69-63/h2-12,14-41H,13H2,1H3. The van der Waals surface area contributed by atoms with E-state index < -0.39 is 0 Å². The van der Waals surface area contributed by atoms with Crippen LogP contribution in [-0.2, 0) is 0 Å². The van der Waals surface area contributed by atoms with Crippen molar-refractivity contribution in [1.82, 2.24) is 4.57 Å². The highest BCUT2D eigenvalue weighted by Gasteiger charge is 2.25. The molecule has 3 heterocycles. The smallest absolute Gasteiger partial charge is 0.152 e. The SMILES string of the molecule is CC1CC=Cc2c(-c3cccc(-c4ccc(N(c5ccc(-c6cccc7oc8ccccc8c67)cc5)c5ccccc5-c5ccc6c(c5)c5cccc7c5n6-c5ccccc5O7)cc4)c3)cccc21. The first-order valence-electron chi connectivity index (χ1n) is 23.9. The summed E-state index contributed by atoms with van der Waals surface area (Å²) in [4.78, 5) is 2.40. The Kier molecular flexibility index (Phi) is 8.90. The highest BCUT2D eigenvalue weighted by atomic mass is 16.5. The van der Waals surface area contributed by atoms with Gasteiger partial charge in [-0.05, 0) is 141 Å². The number of rotatable bonds is 7. The third-order valence-electron chi connectivity index (χ3n) is 14.4. The van der Waals surface area contributed by atoms with E-state index in [0.29, 0.717) is 5.92 Å². The second kappa shape index (κ2) is 15.6. The van der Waals surface area contributed by atoms with E-state index >= 15 is 0 Å². The fourth-order valence-electron chi connectivity index (χ4n) is 11.2.